The van der Waals surface area contributed by atoms with Crippen molar-refractivity contribution in [3.05, 3.63) is 53.3 Å². The number of rotatable bonds is 6. The second-order valence-electron chi connectivity index (χ2n) is 6.43. The van der Waals surface area contributed by atoms with Gasteiger partial charge in [-0.15, -0.1) is 12.6 Å². The highest BCUT2D eigenvalue weighted by Gasteiger charge is 2.41. The summed E-state index contributed by atoms with van der Waals surface area (Å²) in [6, 6.07) is 9.62. The summed E-state index contributed by atoms with van der Waals surface area (Å²) in [7, 11) is 1.75. The number of nitrogens with zero attached hydrogens (tertiary/aromatic N) is 1. The summed E-state index contributed by atoms with van der Waals surface area (Å²) in [5, 5.41) is 2.96. The predicted molar refractivity (Wildman–Crippen MR) is 99.3 cm³/mol. The first-order valence-electron chi connectivity index (χ1n) is 8.22. The van der Waals surface area contributed by atoms with Gasteiger partial charge in [0.05, 0.1) is 11.7 Å². The third-order valence-corrected chi connectivity index (χ3v) is 5.21. The van der Waals surface area contributed by atoms with Gasteiger partial charge >= 0.3 is 0 Å². The van der Waals surface area contributed by atoms with Crippen molar-refractivity contribution >= 4 is 24.8 Å². The fourth-order valence-corrected chi connectivity index (χ4v) is 3.36. The van der Waals surface area contributed by atoms with Gasteiger partial charge in [-0.25, -0.2) is 8.78 Å². The molecule has 0 aliphatic carbocycles. The lowest BCUT2D eigenvalue weighted by Crippen LogP contribution is -2.54. The van der Waals surface area contributed by atoms with Crippen LogP contribution in [0, 0.1) is 5.82 Å². The van der Waals surface area contributed by atoms with Gasteiger partial charge in [-0.3, -0.25) is 4.79 Å². The van der Waals surface area contributed by atoms with Crippen LogP contribution in [0.25, 0.3) is 0 Å². The first-order valence-corrected chi connectivity index (χ1v) is 8.67. The van der Waals surface area contributed by atoms with Gasteiger partial charge in [0.2, 0.25) is 0 Å². The van der Waals surface area contributed by atoms with Crippen LogP contribution in [0.3, 0.4) is 0 Å². The predicted octanol–water partition coefficient (Wildman–Crippen LogP) is 3.62. The molecular weight excluding hydrogens is 358 g/mol. The van der Waals surface area contributed by atoms with Crippen molar-refractivity contribution in [1.82, 2.24) is 5.32 Å². The van der Waals surface area contributed by atoms with E-state index in [2.05, 4.69) is 17.9 Å². The van der Waals surface area contributed by atoms with E-state index >= 15 is 4.39 Å². The Balaban J connectivity index is 2.00. The lowest BCUT2D eigenvalue weighted by molar-refractivity contribution is -0.120. The number of nitrogens with one attached hydrogen (secondary N) is 1. The van der Waals surface area contributed by atoms with Gasteiger partial charge in [-0.05, 0) is 24.1 Å². The Morgan fingerprint density at radius 1 is 1.35 bits per heavy atom. The molecule has 0 radical (unpaired) electrons. The first-order chi connectivity index (χ1) is 12.4. The largest absolute Gasteiger partial charge is 0.426 e. The van der Waals surface area contributed by atoms with Gasteiger partial charge in [0.25, 0.3) is 6.47 Å². The Labute approximate surface area is 156 Å². The Morgan fingerprint density at radius 3 is 2.65 bits per heavy atom. The highest BCUT2D eigenvalue weighted by Crippen LogP contribution is 2.40. The molecule has 1 unspecified atom stereocenters. The second-order valence-corrected chi connectivity index (χ2v) is 6.91. The molecule has 3 rings (SSSR count). The van der Waals surface area contributed by atoms with Crippen molar-refractivity contribution in [2.75, 3.05) is 25.0 Å². The Kier molecular flexibility index (Phi) is 5.20. The average molecular weight is 378 g/mol. The summed E-state index contributed by atoms with van der Waals surface area (Å²) in [6.07, 6.45) is 0. The molecule has 1 fully saturated rings. The van der Waals surface area contributed by atoms with E-state index in [0.29, 0.717) is 11.3 Å². The normalized spacial score (nSPS) is 16.5. The summed E-state index contributed by atoms with van der Waals surface area (Å²) in [6.45, 7) is 2.71. The second kappa shape index (κ2) is 7.25. The van der Waals surface area contributed by atoms with Crippen molar-refractivity contribution in [1.29, 1.82) is 0 Å². The number of ether oxygens (including phenoxy) is 1. The molecule has 26 heavy (non-hydrogen) atoms. The van der Waals surface area contributed by atoms with Gasteiger partial charge in [0.1, 0.15) is 5.82 Å². The average Bonchev–Trinajstić information content (AvgIpc) is 2.61. The molecule has 2 aromatic carbocycles. The van der Waals surface area contributed by atoms with Crippen LogP contribution in [-0.2, 0) is 10.5 Å². The maximum Gasteiger partial charge on any atom is 0.298 e. The third-order valence-electron chi connectivity index (χ3n) is 4.87. The summed E-state index contributed by atoms with van der Waals surface area (Å²) in [5.74, 6) is -0.336. The maximum atomic E-state index is 15.0. The third kappa shape index (κ3) is 3.29. The number of carbonyl (C=O) groups excluding carboxylic acids is 1. The first kappa shape index (κ1) is 18.7. The topological polar surface area (TPSA) is 41.6 Å². The molecule has 0 amide bonds. The maximum absolute atomic E-state index is 15.0. The molecule has 0 bridgehead atoms. The quantitative estimate of drug-likeness (QED) is 0.595. The lowest BCUT2D eigenvalue weighted by atomic mass is 9.84. The van der Waals surface area contributed by atoms with Crippen LogP contribution < -0.4 is 15.0 Å². The van der Waals surface area contributed by atoms with Crippen LogP contribution in [0.5, 0.6) is 5.75 Å². The number of benzene rings is 2. The smallest absolute Gasteiger partial charge is 0.298 e. The van der Waals surface area contributed by atoms with Crippen molar-refractivity contribution in [2.24, 2.45) is 0 Å². The molecule has 0 saturated carbocycles. The molecule has 4 nitrogen and oxygen atoms in total. The van der Waals surface area contributed by atoms with Crippen LogP contribution in [0.1, 0.15) is 24.1 Å². The van der Waals surface area contributed by atoms with E-state index in [1.807, 2.05) is 25.1 Å². The van der Waals surface area contributed by atoms with E-state index in [-0.39, 0.29) is 36.2 Å². The van der Waals surface area contributed by atoms with Gasteiger partial charge in [-0.2, -0.15) is 0 Å². The lowest BCUT2D eigenvalue weighted by Gasteiger charge is -2.39. The summed E-state index contributed by atoms with van der Waals surface area (Å²) >= 11 is 4.03. The number of thiol groups is 1. The SMILES string of the molecule is CC(c1ccccc1C1(F)CNC1)N(C)c1cc(F)c(S)cc1OC=O. The molecule has 0 spiro atoms. The number of halogens is 2. The fraction of sp³-hybridized carbons (Fsp3) is 0.316. The summed E-state index contributed by atoms with van der Waals surface area (Å²) in [4.78, 5) is 12.6. The molecule has 1 aliphatic heterocycles. The highest BCUT2D eigenvalue weighted by atomic mass is 32.1. The molecule has 138 valence electrons. The molecule has 7 heteroatoms. The van der Waals surface area contributed by atoms with E-state index < -0.39 is 11.5 Å². The van der Waals surface area contributed by atoms with Crippen LogP contribution >= 0.6 is 12.6 Å². The number of alkyl halides is 1. The molecule has 1 heterocycles. The van der Waals surface area contributed by atoms with Crippen LogP contribution in [0.15, 0.2) is 41.3 Å². The zero-order valence-electron chi connectivity index (χ0n) is 14.5. The van der Waals surface area contributed by atoms with E-state index in [1.54, 1.807) is 18.0 Å². The summed E-state index contributed by atoms with van der Waals surface area (Å²) in [5.41, 5.74) is 0.386. The molecular formula is C19H20F2N2O2S. The standard InChI is InChI=1S/C19H20F2N2O2S/c1-12(13-5-3-4-6-14(13)19(21)9-22-10-19)23(2)16-7-15(20)18(26)8-17(16)25-11-24/h3-8,11-12,22,26H,9-10H2,1-2H3. The number of hydrogen-bond acceptors (Lipinski definition) is 5. The van der Waals surface area contributed by atoms with Crippen molar-refractivity contribution < 1.29 is 18.3 Å². The zero-order valence-corrected chi connectivity index (χ0v) is 15.4. The minimum absolute atomic E-state index is 0.0790. The Morgan fingerprint density at radius 2 is 2.04 bits per heavy atom. The van der Waals surface area contributed by atoms with Gasteiger partial charge in [-0.1, -0.05) is 24.3 Å². The minimum Gasteiger partial charge on any atom is -0.426 e. The zero-order chi connectivity index (χ0) is 18.9. The molecule has 1 N–H and O–H groups in total. The van der Waals surface area contributed by atoms with E-state index in [4.69, 9.17) is 4.74 Å². The van der Waals surface area contributed by atoms with Crippen LogP contribution in [0.4, 0.5) is 14.5 Å². The molecule has 1 atom stereocenters. The van der Waals surface area contributed by atoms with Crippen LogP contribution in [-0.4, -0.2) is 26.6 Å². The fourth-order valence-electron chi connectivity index (χ4n) is 3.18. The number of carbonyl (C=O) groups is 1. The van der Waals surface area contributed by atoms with Crippen molar-refractivity contribution in [3.8, 4) is 5.75 Å². The number of anilines is 1. The van der Waals surface area contributed by atoms with Crippen LogP contribution in [0.2, 0.25) is 0 Å². The van der Waals surface area contributed by atoms with E-state index in [0.717, 1.165) is 5.56 Å². The monoisotopic (exact) mass is 378 g/mol. The van der Waals surface area contributed by atoms with Gasteiger partial charge in [0, 0.05) is 31.1 Å². The Bertz CT molecular complexity index is 827. The van der Waals surface area contributed by atoms with Gasteiger partial charge < -0.3 is 15.0 Å². The molecule has 0 aromatic heterocycles. The molecule has 2 aromatic rings. The Hall–Kier alpha value is -2.12. The minimum atomic E-state index is -1.41. The number of hydrogen-bond donors (Lipinski definition) is 2. The van der Waals surface area contributed by atoms with E-state index in [1.165, 1.54) is 12.1 Å². The van der Waals surface area contributed by atoms with E-state index in [9.17, 15) is 9.18 Å². The van der Waals surface area contributed by atoms with Gasteiger partial charge in [0.15, 0.2) is 11.4 Å². The highest BCUT2D eigenvalue weighted by molar-refractivity contribution is 7.80. The van der Waals surface area contributed by atoms with Crippen molar-refractivity contribution in [3.63, 3.8) is 0 Å². The summed E-state index contributed by atoms with van der Waals surface area (Å²) < 4.78 is 34.1. The molecule has 1 aliphatic rings. The molecule has 1 saturated heterocycles. The van der Waals surface area contributed by atoms with Crippen molar-refractivity contribution in [2.45, 2.75) is 23.5 Å².